The Morgan fingerprint density at radius 2 is 2.00 bits per heavy atom. The van der Waals surface area contributed by atoms with Crippen LogP contribution < -0.4 is 11.5 Å². The SMILES string of the molecule is Nc1ccccc1C[NH3+]. The molecule has 0 spiro atoms. The van der Waals surface area contributed by atoms with E-state index in [1.807, 2.05) is 24.3 Å². The third kappa shape index (κ3) is 1.21. The van der Waals surface area contributed by atoms with E-state index in [2.05, 4.69) is 5.73 Å². The van der Waals surface area contributed by atoms with Crippen LogP contribution >= 0.6 is 0 Å². The average molecular weight is 123 g/mol. The fourth-order valence-electron chi connectivity index (χ4n) is 0.762. The molecular formula is C7H11N2+. The normalized spacial score (nSPS) is 9.44. The number of hydrogen-bond donors (Lipinski definition) is 2. The van der Waals surface area contributed by atoms with Crippen LogP contribution in [0.2, 0.25) is 0 Å². The Labute approximate surface area is 54.5 Å². The first-order valence-electron chi connectivity index (χ1n) is 2.97. The van der Waals surface area contributed by atoms with Gasteiger partial charge in [-0.25, -0.2) is 0 Å². The molecule has 0 fully saturated rings. The number of anilines is 1. The number of quaternary nitrogens is 1. The lowest BCUT2D eigenvalue weighted by atomic mass is 10.2. The zero-order chi connectivity index (χ0) is 6.69. The van der Waals surface area contributed by atoms with Crippen LogP contribution in [0, 0.1) is 0 Å². The summed E-state index contributed by atoms with van der Waals surface area (Å²) < 4.78 is 0. The van der Waals surface area contributed by atoms with Crippen LogP contribution in [-0.2, 0) is 6.54 Å². The summed E-state index contributed by atoms with van der Waals surface area (Å²) in [5.41, 5.74) is 11.3. The Balaban J connectivity index is 3.01. The second-order valence-electron chi connectivity index (χ2n) is 1.95. The third-order valence-corrected chi connectivity index (χ3v) is 1.32. The average Bonchev–Trinajstić information content (AvgIpc) is 1.89. The summed E-state index contributed by atoms with van der Waals surface area (Å²) in [7, 11) is 0. The molecule has 1 aromatic carbocycles. The van der Waals surface area contributed by atoms with Gasteiger partial charge < -0.3 is 11.5 Å². The molecule has 1 rings (SSSR count). The molecular weight excluding hydrogens is 112 g/mol. The zero-order valence-electron chi connectivity index (χ0n) is 5.30. The molecule has 0 aliphatic carbocycles. The molecule has 0 saturated carbocycles. The minimum atomic E-state index is 0.771. The third-order valence-electron chi connectivity index (χ3n) is 1.32. The molecule has 0 saturated heterocycles. The Kier molecular flexibility index (Phi) is 1.70. The van der Waals surface area contributed by atoms with Gasteiger partial charge in [0.2, 0.25) is 0 Å². The molecule has 48 valence electrons. The van der Waals surface area contributed by atoms with Crippen LogP contribution in [0.1, 0.15) is 5.56 Å². The molecule has 2 nitrogen and oxygen atoms in total. The standard InChI is InChI=1S/C7H10N2/c8-5-6-3-1-2-4-7(6)9/h1-4H,5,8-9H2/p+1. The molecule has 5 N–H and O–H groups in total. The first kappa shape index (κ1) is 6.11. The maximum Gasteiger partial charge on any atom is 0.102 e. The predicted octanol–water partition coefficient (Wildman–Crippen LogP) is 0.0107. The van der Waals surface area contributed by atoms with Crippen LogP contribution in [0.3, 0.4) is 0 Å². The first-order valence-corrected chi connectivity index (χ1v) is 2.97. The minimum Gasteiger partial charge on any atom is -0.398 e. The maximum atomic E-state index is 5.59. The van der Waals surface area contributed by atoms with Gasteiger partial charge in [-0.15, -0.1) is 0 Å². The quantitative estimate of drug-likeness (QED) is 0.508. The molecule has 0 heterocycles. The maximum absolute atomic E-state index is 5.59. The van der Waals surface area contributed by atoms with Gasteiger partial charge in [-0.3, -0.25) is 0 Å². The van der Waals surface area contributed by atoms with Gasteiger partial charge >= 0.3 is 0 Å². The predicted molar refractivity (Wildman–Crippen MR) is 37.4 cm³/mol. The van der Waals surface area contributed by atoms with E-state index in [1.54, 1.807) is 0 Å². The second-order valence-corrected chi connectivity index (χ2v) is 1.95. The van der Waals surface area contributed by atoms with Gasteiger partial charge in [-0.1, -0.05) is 18.2 Å². The number of rotatable bonds is 1. The van der Waals surface area contributed by atoms with Gasteiger partial charge in [-0.05, 0) is 6.07 Å². The Morgan fingerprint density at radius 3 is 2.44 bits per heavy atom. The Bertz CT molecular complexity index is 196. The van der Waals surface area contributed by atoms with Crippen molar-refractivity contribution < 1.29 is 5.73 Å². The van der Waals surface area contributed by atoms with Crippen LogP contribution in [0.4, 0.5) is 5.69 Å². The van der Waals surface area contributed by atoms with Crippen molar-refractivity contribution in [2.24, 2.45) is 0 Å². The van der Waals surface area contributed by atoms with Crippen LogP contribution in [0.15, 0.2) is 24.3 Å². The molecule has 0 aliphatic rings. The smallest absolute Gasteiger partial charge is 0.102 e. The molecule has 1 aromatic rings. The van der Waals surface area contributed by atoms with Crippen LogP contribution in [0.25, 0.3) is 0 Å². The van der Waals surface area contributed by atoms with Crippen molar-refractivity contribution in [1.29, 1.82) is 0 Å². The zero-order valence-corrected chi connectivity index (χ0v) is 5.30. The van der Waals surface area contributed by atoms with E-state index < -0.39 is 0 Å². The summed E-state index contributed by atoms with van der Waals surface area (Å²) in [6.07, 6.45) is 0. The Hall–Kier alpha value is -1.02. The minimum absolute atomic E-state index is 0.771. The largest absolute Gasteiger partial charge is 0.398 e. The lowest BCUT2D eigenvalue weighted by Crippen LogP contribution is -2.47. The molecule has 0 unspecified atom stereocenters. The van der Waals surface area contributed by atoms with E-state index in [0.29, 0.717) is 0 Å². The summed E-state index contributed by atoms with van der Waals surface area (Å²) in [5.74, 6) is 0. The van der Waals surface area contributed by atoms with Gasteiger partial charge in [0.1, 0.15) is 6.54 Å². The van der Waals surface area contributed by atoms with Crippen LogP contribution in [0.5, 0.6) is 0 Å². The van der Waals surface area contributed by atoms with Gasteiger partial charge in [0.05, 0.1) is 0 Å². The van der Waals surface area contributed by atoms with E-state index in [0.717, 1.165) is 17.8 Å². The highest BCUT2D eigenvalue weighted by atomic mass is 14.6. The first-order chi connectivity index (χ1) is 4.34. The summed E-state index contributed by atoms with van der Waals surface area (Å²) in [5, 5.41) is 0. The van der Waals surface area contributed by atoms with E-state index in [-0.39, 0.29) is 0 Å². The van der Waals surface area contributed by atoms with Crippen LogP contribution in [-0.4, -0.2) is 0 Å². The number of nitrogen functional groups attached to an aromatic ring is 1. The molecule has 0 atom stereocenters. The monoisotopic (exact) mass is 123 g/mol. The van der Waals surface area contributed by atoms with Crippen molar-refractivity contribution in [3.8, 4) is 0 Å². The molecule has 0 aromatic heterocycles. The van der Waals surface area contributed by atoms with Crippen molar-refractivity contribution in [2.75, 3.05) is 5.73 Å². The summed E-state index contributed by atoms with van der Waals surface area (Å²) in [6.45, 7) is 0.771. The molecule has 9 heavy (non-hydrogen) atoms. The van der Waals surface area contributed by atoms with Crippen molar-refractivity contribution in [3.05, 3.63) is 29.8 Å². The Morgan fingerprint density at radius 1 is 1.33 bits per heavy atom. The van der Waals surface area contributed by atoms with E-state index >= 15 is 0 Å². The summed E-state index contributed by atoms with van der Waals surface area (Å²) >= 11 is 0. The fourth-order valence-corrected chi connectivity index (χ4v) is 0.762. The fraction of sp³-hybridized carbons (Fsp3) is 0.143. The number of benzene rings is 1. The number of nitrogens with two attached hydrogens (primary N) is 1. The van der Waals surface area contributed by atoms with Gasteiger partial charge in [0, 0.05) is 11.3 Å². The highest BCUT2D eigenvalue weighted by Crippen LogP contribution is 2.07. The highest BCUT2D eigenvalue weighted by Gasteiger charge is 1.92. The van der Waals surface area contributed by atoms with E-state index in [9.17, 15) is 0 Å². The number of para-hydroxylation sites is 1. The summed E-state index contributed by atoms with van der Waals surface area (Å²) in [6, 6.07) is 7.77. The second kappa shape index (κ2) is 2.51. The van der Waals surface area contributed by atoms with E-state index in [4.69, 9.17) is 5.73 Å². The van der Waals surface area contributed by atoms with Crippen molar-refractivity contribution >= 4 is 5.69 Å². The van der Waals surface area contributed by atoms with Crippen molar-refractivity contribution in [2.45, 2.75) is 6.54 Å². The van der Waals surface area contributed by atoms with Gasteiger partial charge in [0.25, 0.3) is 0 Å². The van der Waals surface area contributed by atoms with Crippen molar-refractivity contribution in [1.82, 2.24) is 0 Å². The lowest BCUT2D eigenvalue weighted by Gasteiger charge is -1.96. The lowest BCUT2D eigenvalue weighted by molar-refractivity contribution is -0.386. The van der Waals surface area contributed by atoms with Gasteiger partial charge in [0.15, 0.2) is 0 Å². The van der Waals surface area contributed by atoms with E-state index in [1.165, 1.54) is 0 Å². The highest BCUT2D eigenvalue weighted by molar-refractivity contribution is 5.45. The summed E-state index contributed by atoms with van der Waals surface area (Å²) in [4.78, 5) is 0. The topological polar surface area (TPSA) is 53.7 Å². The molecule has 0 radical (unpaired) electrons. The molecule has 2 heteroatoms. The molecule has 0 amide bonds. The molecule has 0 aliphatic heterocycles. The number of hydrogen-bond acceptors (Lipinski definition) is 1. The van der Waals surface area contributed by atoms with Crippen molar-refractivity contribution in [3.63, 3.8) is 0 Å². The van der Waals surface area contributed by atoms with Gasteiger partial charge in [-0.2, -0.15) is 0 Å². The molecule has 0 bridgehead atoms.